The maximum absolute atomic E-state index is 6.57. The van der Waals surface area contributed by atoms with E-state index in [1.165, 1.54) is 43.4 Å². The lowest BCUT2D eigenvalue weighted by atomic mass is 9.90. The van der Waals surface area contributed by atoms with Crippen LogP contribution in [0.4, 0.5) is 0 Å². The molecule has 34 heavy (non-hydrogen) atoms. The lowest BCUT2D eigenvalue weighted by molar-refractivity contribution is -0.634. The van der Waals surface area contributed by atoms with E-state index >= 15 is 0 Å². The van der Waals surface area contributed by atoms with Gasteiger partial charge < -0.3 is 4.74 Å². The van der Waals surface area contributed by atoms with Crippen molar-refractivity contribution in [3.05, 3.63) is 83.4 Å². The van der Waals surface area contributed by atoms with Crippen LogP contribution in [0.15, 0.2) is 66.7 Å². The Morgan fingerprint density at radius 1 is 0.882 bits per heavy atom. The Morgan fingerprint density at radius 2 is 1.65 bits per heavy atom. The Labute approximate surface area is 201 Å². The molecule has 0 aliphatic carbocycles. The quantitative estimate of drug-likeness (QED) is 0.243. The van der Waals surface area contributed by atoms with E-state index < -0.39 is 8.07 Å². The van der Waals surface area contributed by atoms with Gasteiger partial charge in [-0.15, -0.1) is 0 Å². The van der Waals surface area contributed by atoms with Crippen molar-refractivity contribution in [3.63, 3.8) is 0 Å². The van der Waals surface area contributed by atoms with Crippen LogP contribution in [0.2, 0.25) is 13.1 Å². The first-order chi connectivity index (χ1) is 16.3. The number of benzene rings is 4. The molecule has 4 aromatic carbocycles. The summed E-state index contributed by atoms with van der Waals surface area (Å²) in [6.07, 6.45) is 0. The number of aryl methyl sites for hydroxylation is 3. The molecule has 0 atom stereocenters. The molecule has 0 amide bonds. The van der Waals surface area contributed by atoms with Gasteiger partial charge in [-0.25, -0.2) is 4.98 Å². The molecule has 0 fully saturated rings. The number of hydrogen-bond acceptors (Lipinski definition) is 2. The summed E-state index contributed by atoms with van der Waals surface area (Å²) in [7, 11) is 0.184. The normalized spacial score (nSPS) is 12.6. The third-order valence-electron chi connectivity index (χ3n) is 7.61. The SMILES string of the molecule is Cc1cc2c3c(c(C)c(C)cc3c1)-c1c(nc3c([Si](C)(C)c4ccccc4)cccc3[n+]1C)O2. The van der Waals surface area contributed by atoms with Crippen molar-refractivity contribution in [1.29, 1.82) is 0 Å². The summed E-state index contributed by atoms with van der Waals surface area (Å²) >= 11 is 0. The van der Waals surface area contributed by atoms with Crippen LogP contribution >= 0.6 is 0 Å². The summed E-state index contributed by atoms with van der Waals surface area (Å²) in [5.74, 6) is 1.61. The number of hydrogen-bond donors (Lipinski definition) is 0. The predicted octanol–water partition coefficient (Wildman–Crippen LogP) is 5.73. The maximum atomic E-state index is 6.57. The topological polar surface area (TPSA) is 26.0 Å². The second-order valence-corrected chi connectivity index (χ2v) is 14.5. The standard InChI is InChI=1S/C30H29N2OSi/c1-18-15-21-17-19(2)20(3)26-27(21)24(16-18)33-30-29(26)32(4)23-13-10-14-25(28(23)31-30)34(5,6)22-11-8-7-9-12-22/h7-17H,1-6H3/q+1. The number of aromatic nitrogens is 2. The van der Waals surface area contributed by atoms with Gasteiger partial charge in [0.05, 0.1) is 5.56 Å². The van der Waals surface area contributed by atoms with Crippen LogP contribution in [0.1, 0.15) is 16.7 Å². The van der Waals surface area contributed by atoms with Gasteiger partial charge in [-0.2, -0.15) is 4.57 Å². The summed E-state index contributed by atoms with van der Waals surface area (Å²) in [5.41, 5.74) is 8.26. The number of nitrogens with zero attached hydrogens (tertiary/aromatic N) is 2. The molecule has 1 aliphatic heterocycles. The third kappa shape index (κ3) is 2.88. The summed E-state index contributed by atoms with van der Waals surface area (Å²) in [6, 6.07) is 24.2. The minimum absolute atomic E-state index is 0.702. The molecule has 0 saturated carbocycles. The number of ether oxygens (including phenoxy) is 1. The van der Waals surface area contributed by atoms with Crippen LogP contribution < -0.4 is 19.7 Å². The molecule has 0 bridgehead atoms. The third-order valence-corrected chi connectivity index (χ3v) is 11.1. The number of fused-ring (bicyclic) bond motifs is 3. The molecule has 0 unspecified atom stereocenters. The van der Waals surface area contributed by atoms with Gasteiger partial charge in [0.1, 0.15) is 26.4 Å². The van der Waals surface area contributed by atoms with Crippen molar-refractivity contribution in [2.75, 3.05) is 0 Å². The van der Waals surface area contributed by atoms with Gasteiger partial charge in [-0.1, -0.05) is 72.9 Å². The Morgan fingerprint density at radius 3 is 2.41 bits per heavy atom. The van der Waals surface area contributed by atoms with Crippen LogP contribution in [0.3, 0.4) is 0 Å². The zero-order valence-corrected chi connectivity index (χ0v) is 21.7. The molecule has 0 N–H and O–H groups in total. The summed E-state index contributed by atoms with van der Waals surface area (Å²) < 4.78 is 8.86. The van der Waals surface area contributed by atoms with Crippen LogP contribution in [0, 0.1) is 20.8 Å². The van der Waals surface area contributed by atoms with E-state index in [9.17, 15) is 0 Å². The van der Waals surface area contributed by atoms with E-state index in [1.807, 2.05) is 0 Å². The summed E-state index contributed by atoms with van der Waals surface area (Å²) in [5, 5.41) is 5.15. The van der Waals surface area contributed by atoms with Crippen molar-refractivity contribution in [3.8, 4) is 22.9 Å². The zero-order chi connectivity index (χ0) is 23.8. The molecule has 0 radical (unpaired) electrons. The van der Waals surface area contributed by atoms with Crippen molar-refractivity contribution in [2.45, 2.75) is 33.9 Å². The van der Waals surface area contributed by atoms with E-state index in [0.717, 1.165) is 22.5 Å². The van der Waals surface area contributed by atoms with Crippen molar-refractivity contribution < 1.29 is 9.30 Å². The first-order valence-corrected chi connectivity index (χ1v) is 14.9. The lowest BCUT2D eigenvalue weighted by Gasteiger charge is -2.26. The first-order valence-electron chi connectivity index (χ1n) is 11.9. The van der Waals surface area contributed by atoms with Gasteiger partial charge in [-0.05, 0) is 54.1 Å². The average Bonchev–Trinajstić information content (AvgIpc) is 2.81. The predicted molar refractivity (Wildman–Crippen MR) is 143 cm³/mol. The molecule has 0 spiro atoms. The highest BCUT2D eigenvalue weighted by Gasteiger charge is 2.36. The van der Waals surface area contributed by atoms with Crippen molar-refractivity contribution >= 4 is 40.3 Å². The van der Waals surface area contributed by atoms with Gasteiger partial charge in [0.2, 0.25) is 5.52 Å². The highest BCUT2D eigenvalue weighted by molar-refractivity contribution is 7.01. The Bertz CT molecular complexity index is 1640. The molecule has 1 aromatic heterocycles. The fraction of sp³-hybridized carbons (Fsp3) is 0.200. The molecule has 168 valence electrons. The molecular formula is C30H29N2OSi+. The lowest BCUT2D eigenvalue weighted by Crippen LogP contribution is -2.53. The summed E-state index contributed by atoms with van der Waals surface area (Å²) in [6.45, 7) is 11.4. The van der Waals surface area contributed by atoms with Crippen molar-refractivity contribution in [1.82, 2.24) is 4.98 Å². The maximum Gasteiger partial charge on any atom is 0.294 e. The van der Waals surface area contributed by atoms with Gasteiger partial charge in [0.25, 0.3) is 11.6 Å². The molecule has 3 nitrogen and oxygen atoms in total. The van der Waals surface area contributed by atoms with Crippen LogP contribution in [0.5, 0.6) is 11.6 Å². The second kappa shape index (κ2) is 7.25. The Kier molecular flexibility index (Phi) is 4.49. The smallest absolute Gasteiger partial charge is 0.294 e. The second-order valence-electron chi connectivity index (χ2n) is 10.1. The van der Waals surface area contributed by atoms with E-state index in [1.54, 1.807) is 0 Å². The molecule has 4 heteroatoms. The number of rotatable bonds is 2. The minimum Gasteiger partial charge on any atom is -0.433 e. The van der Waals surface area contributed by atoms with E-state index in [0.29, 0.717) is 5.88 Å². The molecule has 0 saturated heterocycles. The highest BCUT2D eigenvalue weighted by Crippen LogP contribution is 2.47. The van der Waals surface area contributed by atoms with E-state index in [4.69, 9.17) is 9.72 Å². The monoisotopic (exact) mass is 461 g/mol. The molecule has 6 rings (SSSR count). The molecular weight excluding hydrogens is 432 g/mol. The zero-order valence-electron chi connectivity index (χ0n) is 20.7. The molecule has 1 aliphatic rings. The van der Waals surface area contributed by atoms with Gasteiger partial charge in [0, 0.05) is 11.5 Å². The molecule has 2 heterocycles. The van der Waals surface area contributed by atoms with Crippen LogP contribution in [-0.2, 0) is 7.05 Å². The largest absolute Gasteiger partial charge is 0.433 e. The Balaban J connectivity index is 1.70. The van der Waals surface area contributed by atoms with Crippen LogP contribution in [0.25, 0.3) is 33.1 Å². The minimum atomic E-state index is -1.97. The number of para-hydroxylation sites is 1. The fourth-order valence-corrected chi connectivity index (χ4v) is 8.19. The van der Waals surface area contributed by atoms with E-state index in [-0.39, 0.29) is 0 Å². The van der Waals surface area contributed by atoms with Crippen LogP contribution in [-0.4, -0.2) is 13.1 Å². The Hall–Kier alpha value is -3.50. The highest BCUT2D eigenvalue weighted by atomic mass is 28.3. The van der Waals surface area contributed by atoms with Gasteiger partial charge >= 0.3 is 0 Å². The van der Waals surface area contributed by atoms with Gasteiger partial charge in [0.15, 0.2) is 0 Å². The van der Waals surface area contributed by atoms with Crippen molar-refractivity contribution in [2.24, 2.45) is 7.05 Å². The first kappa shape index (κ1) is 21.1. The summed E-state index contributed by atoms with van der Waals surface area (Å²) in [4.78, 5) is 5.25. The van der Waals surface area contributed by atoms with E-state index in [2.05, 4.69) is 112 Å². The fourth-order valence-electron chi connectivity index (χ4n) is 5.57. The average molecular weight is 462 g/mol. The van der Waals surface area contributed by atoms with Gasteiger partial charge in [-0.3, -0.25) is 0 Å². The molecule has 5 aromatic rings.